The van der Waals surface area contributed by atoms with Gasteiger partial charge >= 0.3 is 0 Å². The third kappa shape index (κ3) is 2.77. The van der Waals surface area contributed by atoms with E-state index >= 15 is 0 Å². The lowest BCUT2D eigenvalue weighted by Crippen LogP contribution is -2.35. The van der Waals surface area contributed by atoms with Gasteiger partial charge in [-0.2, -0.15) is 17.0 Å². The SMILES string of the molecule is Cc1ccc([C@@H]2CSCCN2Cc2ccc(C#N)o2)o1. The lowest BCUT2D eigenvalue weighted by Gasteiger charge is -2.33. The van der Waals surface area contributed by atoms with Crippen LogP contribution in [-0.2, 0) is 6.54 Å². The van der Waals surface area contributed by atoms with Gasteiger partial charge in [0.2, 0.25) is 5.76 Å². The van der Waals surface area contributed by atoms with Crippen LogP contribution in [0.1, 0.15) is 29.1 Å². The third-order valence-electron chi connectivity index (χ3n) is 3.46. The highest BCUT2D eigenvalue weighted by molar-refractivity contribution is 7.99. The second-order valence-electron chi connectivity index (χ2n) is 4.89. The minimum Gasteiger partial charge on any atom is -0.465 e. The van der Waals surface area contributed by atoms with Gasteiger partial charge in [-0.05, 0) is 31.2 Å². The maximum absolute atomic E-state index is 8.81. The molecule has 0 spiro atoms. The highest BCUT2D eigenvalue weighted by Crippen LogP contribution is 2.32. The van der Waals surface area contributed by atoms with Crippen molar-refractivity contribution >= 4 is 11.8 Å². The molecule has 0 aliphatic carbocycles. The smallest absolute Gasteiger partial charge is 0.203 e. The number of nitriles is 1. The van der Waals surface area contributed by atoms with E-state index in [1.807, 2.05) is 36.9 Å². The Labute approximate surface area is 122 Å². The lowest BCUT2D eigenvalue weighted by molar-refractivity contribution is 0.173. The molecule has 1 atom stereocenters. The van der Waals surface area contributed by atoms with E-state index in [1.165, 1.54) is 0 Å². The van der Waals surface area contributed by atoms with Gasteiger partial charge in [-0.25, -0.2) is 0 Å². The summed E-state index contributed by atoms with van der Waals surface area (Å²) in [5.41, 5.74) is 0. The third-order valence-corrected chi connectivity index (χ3v) is 4.48. The average Bonchev–Trinajstić information content (AvgIpc) is 3.08. The first kappa shape index (κ1) is 13.3. The molecule has 1 aliphatic rings. The van der Waals surface area contributed by atoms with Crippen LogP contribution in [0.5, 0.6) is 0 Å². The van der Waals surface area contributed by atoms with E-state index in [0.717, 1.165) is 35.3 Å². The summed E-state index contributed by atoms with van der Waals surface area (Å²) in [5.74, 6) is 5.31. The zero-order chi connectivity index (χ0) is 13.9. The maximum atomic E-state index is 8.81. The van der Waals surface area contributed by atoms with E-state index < -0.39 is 0 Å². The number of rotatable bonds is 3. The quantitative estimate of drug-likeness (QED) is 0.867. The molecule has 1 aliphatic heterocycles. The summed E-state index contributed by atoms with van der Waals surface area (Å²) in [7, 11) is 0. The molecule has 0 radical (unpaired) electrons. The molecule has 0 unspecified atom stereocenters. The van der Waals surface area contributed by atoms with Crippen LogP contribution in [0.15, 0.2) is 33.1 Å². The molecule has 3 rings (SSSR count). The largest absolute Gasteiger partial charge is 0.465 e. The summed E-state index contributed by atoms with van der Waals surface area (Å²) in [6.45, 7) is 3.68. The van der Waals surface area contributed by atoms with Gasteiger partial charge in [0.25, 0.3) is 0 Å². The van der Waals surface area contributed by atoms with Gasteiger partial charge in [0.05, 0.1) is 12.6 Å². The second-order valence-corrected chi connectivity index (χ2v) is 6.04. The van der Waals surface area contributed by atoms with Crippen LogP contribution in [0.25, 0.3) is 0 Å². The monoisotopic (exact) mass is 288 g/mol. The Morgan fingerprint density at radius 1 is 1.35 bits per heavy atom. The van der Waals surface area contributed by atoms with Crippen molar-refractivity contribution < 1.29 is 8.83 Å². The summed E-state index contributed by atoms with van der Waals surface area (Å²) < 4.78 is 11.3. The molecule has 0 N–H and O–H groups in total. The summed E-state index contributed by atoms with van der Waals surface area (Å²) in [6, 6.07) is 9.97. The van der Waals surface area contributed by atoms with Crippen LogP contribution in [-0.4, -0.2) is 23.0 Å². The summed E-state index contributed by atoms with van der Waals surface area (Å²) in [5, 5.41) is 8.81. The highest BCUT2D eigenvalue weighted by Gasteiger charge is 2.27. The predicted molar refractivity (Wildman–Crippen MR) is 77.3 cm³/mol. The first-order chi connectivity index (χ1) is 9.76. The molecule has 2 aromatic rings. The normalized spacial score (nSPS) is 19.9. The lowest BCUT2D eigenvalue weighted by atomic mass is 10.2. The Morgan fingerprint density at radius 3 is 2.95 bits per heavy atom. The van der Waals surface area contributed by atoms with E-state index in [0.29, 0.717) is 12.3 Å². The van der Waals surface area contributed by atoms with Gasteiger partial charge < -0.3 is 8.83 Å². The first-order valence-corrected chi connectivity index (χ1v) is 7.78. The van der Waals surface area contributed by atoms with Crippen LogP contribution < -0.4 is 0 Å². The molecule has 0 amide bonds. The predicted octanol–water partition coefficient (Wildman–Crippen LogP) is 3.34. The standard InChI is InChI=1S/C15H16N2O2S/c1-11-2-5-15(18-11)14-10-20-7-6-17(14)9-13-4-3-12(8-16)19-13/h2-5,14H,6-7,9-10H2,1H3/t14-/m0/s1. The van der Waals surface area contributed by atoms with Crippen LogP contribution in [0.4, 0.5) is 0 Å². The van der Waals surface area contributed by atoms with Crippen molar-refractivity contribution in [2.24, 2.45) is 0 Å². The zero-order valence-corrected chi connectivity index (χ0v) is 12.2. The Balaban J connectivity index is 1.77. The second kappa shape index (κ2) is 5.78. The zero-order valence-electron chi connectivity index (χ0n) is 11.3. The molecule has 1 fully saturated rings. The number of nitrogens with zero attached hydrogens (tertiary/aromatic N) is 2. The van der Waals surface area contributed by atoms with Gasteiger partial charge in [0.1, 0.15) is 23.3 Å². The molecular formula is C15H16N2O2S. The van der Waals surface area contributed by atoms with E-state index in [1.54, 1.807) is 6.07 Å². The topological polar surface area (TPSA) is 53.3 Å². The van der Waals surface area contributed by atoms with E-state index in [4.69, 9.17) is 14.1 Å². The Hall–Kier alpha value is -1.64. The number of thioether (sulfide) groups is 1. The van der Waals surface area contributed by atoms with Gasteiger partial charge in [-0.3, -0.25) is 4.90 Å². The molecule has 0 saturated carbocycles. The maximum Gasteiger partial charge on any atom is 0.203 e. The fourth-order valence-electron chi connectivity index (χ4n) is 2.45. The molecule has 0 aromatic carbocycles. The fraction of sp³-hybridized carbons (Fsp3) is 0.400. The van der Waals surface area contributed by atoms with Gasteiger partial charge in [-0.15, -0.1) is 0 Å². The molecule has 2 aromatic heterocycles. The number of hydrogen-bond acceptors (Lipinski definition) is 5. The van der Waals surface area contributed by atoms with Crippen molar-refractivity contribution in [2.45, 2.75) is 19.5 Å². The number of furan rings is 2. The molecule has 104 valence electrons. The van der Waals surface area contributed by atoms with Crippen LogP contribution in [0, 0.1) is 18.3 Å². The van der Waals surface area contributed by atoms with Crippen LogP contribution >= 0.6 is 11.8 Å². The summed E-state index contributed by atoms with van der Waals surface area (Å²) in [4.78, 5) is 2.36. The molecule has 3 heterocycles. The molecule has 0 bridgehead atoms. The minimum absolute atomic E-state index is 0.276. The van der Waals surface area contributed by atoms with Gasteiger partial charge in [0, 0.05) is 18.1 Å². The molecular weight excluding hydrogens is 272 g/mol. The highest BCUT2D eigenvalue weighted by atomic mass is 32.2. The molecule has 20 heavy (non-hydrogen) atoms. The van der Waals surface area contributed by atoms with Crippen LogP contribution in [0.2, 0.25) is 0 Å². The van der Waals surface area contributed by atoms with Crippen LogP contribution in [0.3, 0.4) is 0 Å². The van der Waals surface area contributed by atoms with Gasteiger partial charge in [0.15, 0.2) is 0 Å². The average molecular weight is 288 g/mol. The van der Waals surface area contributed by atoms with E-state index in [2.05, 4.69) is 11.0 Å². The van der Waals surface area contributed by atoms with Crippen molar-refractivity contribution in [3.63, 3.8) is 0 Å². The Bertz CT molecular complexity index is 626. The van der Waals surface area contributed by atoms with Crippen molar-refractivity contribution in [3.8, 4) is 6.07 Å². The van der Waals surface area contributed by atoms with Crippen molar-refractivity contribution in [1.29, 1.82) is 5.26 Å². The van der Waals surface area contributed by atoms with E-state index in [-0.39, 0.29) is 6.04 Å². The summed E-state index contributed by atoms with van der Waals surface area (Å²) >= 11 is 1.95. The molecule has 5 heteroatoms. The van der Waals surface area contributed by atoms with Crippen molar-refractivity contribution in [3.05, 3.63) is 47.3 Å². The number of hydrogen-bond donors (Lipinski definition) is 0. The van der Waals surface area contributed by atoms with Gasteiger partial charge in [-0.1, -0.05) is 0 Å². The van der Waals surface area contributed by atoms with Crippen molar-refractivity contribution in [2.75, 3.05) is 18.1 Å². The summed E-state index contributed by atoms with van der Waals surface area (Å²) in [6.07, 6.45) is 0. The number of aryl methyl sites for hydroxylation is 1. The first-order valence-electron chi connectivity index (χ1n) is 6.63. The Morgan fingerprint density at radius 2 is 2.25 bits per heavy atom. The fourth-order valence-corrected chi connectivity index (χ4v) is 3.57. The molecule has 4 nitrogen and oxygen atoms in total. The Kier molecular flexibility index (Phi) is 3.86. The van der Waals surface area contributed by atoms with E-state index in [9.17, 15) is 0 Å². The minimum atomic E-state index is 0.276. The van der Waals surface area contributed by atoms with Crippen molar-refractivity contribution in [1.82, 2.24) is 4.90 Å². The molecule has 1 saturated heterocycles.